The molecule has 1 atom stereocenters. The molecule has 2 aromatic rings. The Hall–Kier alpha value is -1.31. The summed E-state index contributed by atoms with van der Waals surface area (Å²) in [6.07, 6.45) is 0. The number of anilines is 1. The minimum Gasteiger partial charge on any atom is -0.324 e. The topological polar surface area (TPSA) is 72.7 Å². The van der Waals surface area contributed by atoms with Crippen molar-refractivity contribution in [2.45, 2.75) is 37.2 Å². The number of thioether (sulfide) groups is 1. The van der Waals surface area contributed by atoms with Crippen molar-refractivity contribution < 1.29 is 4.79 Å². The molecule has 0 bridgehead atoms. The SMILES string of the molecule is CC(Sc1nnnn1C(C)C)C(=O)Nc1cccc(Cl)c1Cl. The quantitative estimate of drug-likeness (QED) is 0.824. The summed E-state index contributed by atoms with van der Waals surface area (Å²) in [5, 5.41) is 15.1. The van der Waals surface area contributed by atoms with Crippen molar-refractivity contribution in [1.82, 2.24) is 20.2 Å². The van der Waals surface area contributed by atoms with Crippen LogP contribution < -0.4 is 5.32 Å². The standard InChI is InChI=1S/C13H15Cl2N5OS/c1-7(2)20-13(17-18-19-20)22-8(3)12(21)16-10-6-4-5-9(14)11(10)15/h4-8H,1-3H3,(H,16,21). The van der Waals surface area contributed by atoms with Gasteiger partial charge in [-0.25, -0.2) is 4.68 Å². The van der Waals surface area contributed by atoms with Gasteiger partial charge in [-0.05, 0) is 43.3 Å². The summed E-state index contributed by atoms with van der Waals surface area (Å²) in [4.78, 5) is 12.3. The molecule has 0 saturated heterocycles. The normalized spacial score (nSPS) is 12.5. The van der Waals surface area contributed by atoms with Gasteiger partial charge >= 0.3 is 0 Å². The molecular weight excluding hydrogens is 345 g/mol. The molecule has 2 rings (SSSR count). The Balaban J connectivity index is 2.06. The average molecular weight is 360 g/mol. The largest absolute Gasteiger partial charge is 0.324 e. The van der Waals surface area contributed by atoms with Gasteiger partial charge in [0.25, 0.3) is 0 Å². The van der Waals surface area contributed by atoms with Crippen LogP contribution in [0.4, 0.5) is 5.69 Å². The first-order chi connectivity index (χ1) is 10.4. The van der Waals surface area contributed by atoms with E-state index in [2.05, 4.69) is 20.8 Å². The number of amides is 1. The Morgan fingerprint density at radius 1 is 1.32 bits per heavy atom. The van der Waals surface area contributed by atoms with E-state index in [-0.39, 0.29) is 11.9 Å². The van der Waals surface area contributed by atoms with Gasteiger partial charge in [-0.2, -0.15) is 0 Å². The summed E-state index contributed by atoms with van der Waals surface area (Å²) in [5.41, 5.74) is 0.482. The maximum absolute atomic E-state index is 12.3. The molecule has 22 heavy (non-hydrogen) atoms. The average Bonchev–Trinajstić information content (AvgIpc) is 2.92. The van der Waals surface area contributed by atoms with Crippen LogP contribution in [0.15, 0.2) is 23.4 Å². The highest BCUT2D eigenvalue weighted by atomic mass is 35.5. The van der Waals surface area contributed by atoms with Crippen molar-refractivity contribution >= 4 is 46.6 Å². The van der Waals surface area contributed by atoms with Gasteiger partial charge in [-0.1, -0.05) is 41.0 Å². The molecule has 0 radical (unpaired) electrons. The van der Waals surface area contributed by atoms with Crippen LogP contribution in [0.3, 0.4) is 0 Å². The maximum atomic E-state index is 12.3. The van der Waals surface area contributed by atoms with E-state index in [1.807, 2.05) is 13.8 Å². The van der Waals surface area contributed by atoms with Crippen molar-refractivity contribution in [1.29, 1.82) is 0 Å². The summed E-state index contributed by atoms with van der Waals surface area (Å²) in [5.74, 6) is -0.201. The Kier molecular flexibility index (Phi) is 5.66. The van der Waals surface area contributed by atoms with Crippen LogP contribution in [0.5, 0.6) is 0 Å². The van der Waals surface area contributed by atoms with E-state index in [0.717, 1.165) is 0 Å². The van der Waals surface area contributed by atoms with Crippen LogP contribution in [0.2, 0.25) is 10.0 Å². The van der Waals surface area contributed by atoms with Crippen molar-refractivity contribution in [3.05, 3.63) is 28.2 Å². The Bertz CT molecular complexity index is 676. The number of aromatic nitrogens is 4. The fourth-order valence-electron chi connectivity index (χ4n) is 1.63. The predicted molar refractivity (Wildman–Crippen MR) is 88.6 cm³/mol. The van der Waals surface area contributed by atoms with Crippen LogP contribution in [0.25, 0.3) is 0 Å². The molecular formula is C13H15Cl2N5OS. The Labute approximate surface area is 142 Å². The lowest BCUT2D eigenvalue weighted by atomic mass is 10.3. The number of hydrogen-bond donors (Lipinski definition) is 1. The van der Waals surface area contributed by atoms with E-state index in [1.54, 1.807) is 29.8 Å². The Morgan fingerprint density at radius 3 is 2.73 bits per heavy atom. The summed E-state index contributed by atoms with van der Waals surface area (Å²) >= 11 is 13.3. The molecule has 1 aromatic carbocycles. The van der Waals surface area contributed by atoms with Crippen LogP contribution >= 0.6 is 35.0 Å². The second kappa shape index (κ2) is 7.30. The molecule has 1 amide bonds. The van der Waals surface area contributed by atoms with Crippen molar-refractivity contribution in [2.75, 3.05) is 5.32 Å². The number of carbonyl (C=O) groups excluding carboxylic acids is 1. The molecule has 1 unspecified atom stereocenters. The van der Waals surface area contributed by atoms with E-state index < -0.39 is 5.25 Å². The number of carbonyl (C=O) groups is 1. The lowest BCUT2D eigenvalue weighted by molar-refractivity contribution is -0.115. The maximum Gasteiger partial charge on any atom is 0.237 e. The lowest BCUT2D eigenvalue weighted by Crippen LogP contribution is -2.23. The van der Waals surface area contributed by atoms with E-state index in [0.29, 0.717) is 20.9 Å². The van der Waals surface area contributed by atoms with Crippen LogP contribution in [0, 0.1) is 0 Å². The second-order valence-corrected chi connectivity index (χ2v) is 6.94. The van der Waals surface area contributed by atoms with Crippen LogP contribution in [-0.4, -0.2) is 31.4 Å². The van der Waals surface area contributed by atoms with E-state index in [9.17, 15) is 4.79 Å². The van der Waals surface area contributed by atoms with Crippen LogP contribution in [-0.2, 0) is 4.79 Å². The highest BCUT2D eigenvalue weighted by Gasteiger charge is 2.20. The number of rotatable bonds is 5. The van der Waals surface area contributed by atoms with Gasteiger partial charge in [0.05, 0.1) is 27.0 Å². The molecule has 6 nitrogen and oxygen atoms in total. The van der Waals surface area contributed by atoms with Gasteiger partial charge in [0.2, 0.25) is 11.1 Å². The molecule has 1 heterocycles. The number of benzene rings is 1. The first-order valence-electron chi connectivity index (χ1n) is 6.59. The number of nitrogens with one attached hydrogen (secondary N) is 1. The first-order valence-corrected chi connectivity index (χ1v) is 8.23. The fourth-order valence-corrected chi connectivity index (χ4v) is 2.90. The van der Waals surface area contributed by atoms with Gasteiger partial charge in [-0.3, -0.25) is 4.79 Å². The smallest absolute Gasteiger partial charge is 0.237 e. The van der Waals surface area contributed by atoms with Gasteiger partial charge < -0.3 is 5.32 Å². The van der Waals surface area contributed by atoms with E-state index in [1.165, 1.54) is 11.8 Å². The molecule has 0 aliphatic carbocycles. The minimum atomic E-state index is -0.390. The lowest BCUT2D eigenvalue weighted by Gasteiger charge is -2.13. The summed E-state index contributed by atoms with van der Waals surface area (Å²) in [6.45, 7) is 5.71. The van der Waals surface area contributed by atoms with Crippen molar-refractivity contribution in [3.63, 3.8) is 0 Å². The van der Waals surface area contributed by atoms with Crippen molar-refractivity contribution in [3.8, 4) is 0 Å². The third-order valence-electron chi connectivity index (χ3n) is 2.81. The highest BCUT2D eigenvalue weighted by molar-refractivity contribution is 8.00. The molecule has 118 valence electrons. The molecule has 0 aliphatic rings. The van der Waals surface area contributed by atoms with Crippen LogP contribution in [0.1, 0.15) is 26.8 Å². The molecule has 0 spiro atoms. The monoisotopic (exact) mass is 359 g/mol. The zero-order chi connectivity index (χ0) is 16.3. The van der Waals surface area contributed by atoms with E-state index in [4.69, 9.17) is 23.2 Å². The third-order valence-corrected chi connectivity index (χ3v) is 4.68. The zero-order valence-corrected chi connectivity index (χ0v) is 14.6. The van der Waals surface area contributed by atoms with Crippen molar-refractivity contribution in [2.24, 2.45) is 0 Å². The van der Waals surface area contributed by atoms with Gasteiger partial charge in [0.1, 0.15) is 0 Å². The summed E-state index contributed by atoms with van der Waals surface area (Å²) in [7, 11) is 0. The summed E-state index contributed by atoms with van der Waals surface area (Å²) in [6, 6.07) is 5.20. The molecule has 0 saturated carbocycles. The van der Waals surface area contributed by atoms with E-state index >= 15 is 0 Å². The Morgan fingerprint density at radius 2 is 2.05 bits per heavy atom. The molecule has 0 aliphatic heterocycles. The fraction of sp³-hybridized carbons (Fsp3) is 0.385. The number of nitrogens with zero attached hydrogens (tertiary/aromatic N) is 4. The first kappa shape index (κ1) is 17.1. The molecule has 0 fully saturated rings. The highest BCUT2D eigenvalue weighted by Crippen LogP contribution is 2.30. The van der Waals surface area contributed by atoms with Gasteiger partial charge in [-0.15, -0.1) is 5.10 Å². The molecule has 1 N–H and O–H groups in total. The van der Waals surface area contributed by atoms with Gasteiger partial charge in [0.15, 0.2) is 0 Å². The number of hydrogen-bond acceptors (Lipinski definition) is 5. The molecule has 1 aromatic heterocycles. The zero-order valence-electron chi connectivity index (χ0n) is 12.2. The number of halogens is 2. The second-order valence-electron chi connectivity index (χ2n) is 4.85. The van der Waals surface area contributed by atoms with Gasteiger partial charge in [0, 0.05) is 0 Å². The summed E-state index contributed by atoms with van der Waals surface area (Å²) < 4.78 is 1.67. The third kappa shape index (κ3) is 3.91. The predicted octanol–water partition coefficient (Wildman–Crippen LogP) is 3.68. The molecule has 9 heteroatoms. The number of tetrazole rings is 1. The minimum absolute atomic E-state index is 0.120.